The Morgan fingerprint density at radius 1 is 1.15 bits per heavy atom. The van der Waals surface area contributed by atoms with Gasteiger partial charge < -0.3 is 5.11 Å². The minimum Gasteiger partial charge on any atom is -0.478 e. The number of carbonyl (C=O) groups is 1. The molecular weight excluding hydrogens is 382 g/mol. The molecule has 0 aromatic heterocycles. The maximum absolute atomic E-state index is 13.1. The first-order chi connectivity index (χ1) is 12.6. The van der Waals surface area contributed by atoms with Gasteiger partial charge in [0, 0.05) is 11.4 Å². The summed E-state index contributed by atoms with van der Waals surface area (Å²) in [6.07, 6.45) is 0. The Hall–Kier alpha value is -1.83. The third-order valence-corrected chi connectivity index (χ3v) is 7.83. The molecule has 1 N–H and O–H groups in total. The molecule has 0 saturated heterocycles. The zero-order valence-corrected chi connectivity index (χ0v) is 17.8. The van der Waals surface area contributed by atoms with Gasteiger partial charge in [0.2, 0.25) is 0 Å². The normalized spacial score (nSPS) is 12.0. The van der Waals surface area contributed by atoms with Crippen LogP contribution in [-0.2, 0) is 10.0 Å². The summed E-state index contributed by atoms with van der Waals surface area (Å²) in [5, 5.41) is 9.37. The molecular formula is C20H25NO4S2. The zero-order valence-electron chi connectivity index (χ0n) is 16.2. The molecule has 0 saturated carbocycles. The van der Waals surface area contributed by atoms with E-state index >= 15 is 0 Å². The first-order valence-electron chi connectivity index (χ1n) is 8.73. The Morgan fingerprint density at radius 3 is 2.22 bits per heavy atom. The Bertz CT molecular complexity index is 935. The third-order valence-electron chi connectivity index (χ3n) is 4.45. The van der Waals surface area contributed by atoms with Crippen LogP contribution in [-0.4, -0.2) is 29.7 Å². The Kier molecular flexibility index (Phi) is 6.72. The lowest BCUT2D eigenvalue weighted by atomic mass is 10.0. The SMILES string of the molecule is CCN(Sc1ccc(C(C)C)cc1)S(=O)(=O)c1cc(C)c(C)c(C(=O)O)c1. The van der Waals surface area contributed by atoms with E-state index in [0.717, 1.165) is 16.8 Å². The highest BCUT2D eigenvalue weighted by Gasteiger charge is 2.26. The number of benzene rings is 2. The van der Waals surface area contributed by atoms with Crippen molar-refractivity contribution in [2.24, 2.45) is 0 Å². The number of hydrogen-bond donors (Lipinski definition) is 1. The van der Waals surface area contributed by atoms with Crippen molar-refractivity contribution < 1.29 is 18.3 Å². The van der Waals surface area contributed by atoms with Gasteiger partial charge in [-0.15, -0.1) is 3.71 Å². The Labute approximate surface area is 165 Å². The van der Waals surface area contributed by atoms with Gasteiger partial charge in [-0.05, 0) is 72.7 Å². The fourth-order valence-electron chi connectivity index (χ4n) is 2.63. The van der Waals surface area contributed by atoms with Crippen molar-refractivity contribution in [3.8, 4) is 0 Å². The summed E-state index contributed by atoms with van der Waals surface area (Å²) in [6, 6.07) is 10.6. The standard InChI is InChI=1S/C20H25NO4S2/c1-6-21(26-17-9-7-16(8-10-17)13(2)3)27(24,25)18-11-14(4)15(5)19(12-18)20(22)23/h7-13H,6H2,1-5H3,(H,22,23). The van der Waals surface area contributed by atoms with E-state index < -0.39 is 16.0 Å². The van der Waals surface area contributed by atoms with Crippen molar-refractivity contribution in [3.05, 3.63) is 58.7 Å². The molecule has 0 heterocycles. The molecule has 0 aliphatic rings. The number of carboxylic acid groups (broad SMARTS) is 1. The molecule has 0 bridgehead atoms. The summed E-state index contributed by atoms with van der Waals surface area (Å²) in [5.74, 6) is -0.729. The van der Waals surface area contributed by atoms with Crippen LogP contribution in [0, 0.1) is 13.8 Å². The number of carboxylic acids is 1. The molecule has 2 aromatic carbocycles. The summed E-state index contributed by atoms with van der Waals surface area (Å²) in [6.45, 7) is 9.61. The lowest BCUT2D eigenvalue weighted by Crippen LogP contribution is -2.25. The van der Waals surface area contributed by atoms with Crippen molar-refractivity contribution >= 4 is 27.9 Å². The number of hydrogen-bond acceptors (Lipinski definition) is 4. The van der Waals surface area contributed by atoms with Crippen molar-refractivity contribution in [3.63, 3.8) is 0 Å². The molecule has 2 rings (SSSR count). The fourth-order valence-corrected chi connectivity index (χ4v) is 5.33. The first-order valence-corrected chi connectivity index (χ1v) is 10.9. The fraction of sp³-hybridized carbons (Fsp3) is 0.350. The molecule has 146 valence electrons. The Balaban J connectivity index is 2.39. The third kappa shape index (κ3) is 4.72. The van der Waals surface area contributed by atoms with E-state index in [1.807, 2.05) is 24.3 Å². The molecule has 0 unspecified atom stereocenters. The monoisotopic (exact) mass is 407 g/mol. The molecule has 5 nitrogen and oxygen atoms in total. The molecule has 0 radical (unpaired) electrons. The van der Waals surface area contributed by atoms with Gasteiger partial charge in [0.25, 0.3) is 10.0 Å². The van der Waals surface area contributed by atoms with Crippen LogP contribution < -0.4 is 0 Å². The molecule has 0 aliphatic heterocycles. The topological polar surface area (TPSA) is 74.7 Å². The lowest BCUT2D eigenvalue weighted by molar-refractivity contribution is 0.0695. The number of sulfonamides is 1. The largest absolute Gasteiger partial charge is 0.478 e. The minimum absolute atomic E-state index is 0.00356. The van der Waals surface area contributed by atoms with Crippen LogP contribution in [0.25, 0.3) is 0 Å². The lowest BCUT2D eigenvalue weighted by Gasteiger charge is -2.20. The minimum atomic E-state index is -3.84. The van der Waals surface area contributed by atoms with Gasteiger partial charge in [0.05, 0.1) is 10.5 Å². The zero-order chi connectivity index (χ0) is 20.4. The second kappa shape index (κ2) is 8.46. The van der Waals surface area contributed by atoms with Crippen LogP contribution in [0.5, 0.6) is 0 Å². The smallest absolute Gasteiger partial charge is 0.336 e. The highest BCUT2D eigenvalue weighted by Crippen LogP contribution is 2.31. The summed E-state index contributed by atoms with van der Waals surface area (Å²) in [5.41, 5.74) is 2.40. The van der Waals surface area contributed by atoms with Gasteiger partial charge in [-0.1, -0.05) is 32.9 Å². The molecule has 27 heavy (non-hydrogen) atoms. The van der Waals surface area contributed by atoms with E-state index in [2.05, 4.69) is 13.8 Å². The van der Waals surface area contributed by atoms with Gasteiger partial charge >= 0.3 is 5.97 Å². The summed E-state index contributed by atoms with van der Waals surface area (Å²) in [7, 11) is -3.84. The number of rotatable bonds is 7. The van der Waals surface area contributed by atoms with E-state index in [-0.39, 0.29) is 17.0 Å². The number of aromatic carboxylic acids is 1. The van der Waals surface area contributed by atoms with E-state index in [1.54, 1.807) is 20.8 Å². The molecule has 0 amide bonds. The van der Waals surface area contributed by atoms with Crippen molar-refractivity contribution in [1.29, 1.82) is 0 Å². The van der Waals surface area contributed by atoms with Crippen LogP contribution in [0.15, 0.2) is 46.2 Å². The van der Waals surface area contributed by atoms with Crippen LogP contribution in [0.2, 0.25) is 0 Å². The van der Waals surface area contributed by atoms with E-state index in [4.69, 9.17) is 0 Å². The van der Waals surface area contributed by atoms with Gasteiger partial charge in [0.15, 0.2) is 0 Å². The Morgan fingerprint density at radius 2 is 1.74 bits per heavy atom. The molecule has 0 fully saturated rings. The van der Waals surface area contributed by atoms with Crippen LogP contribution in [0.1, 0.15) is 53.7 Å². The molecule has 0 aliphatic carbocycles. The summed E-state index contributed by atoms with van der Waals surface area (Å²) < 4.78 is 27.5. The average Bonchev–Trinajstić information content (AvgIpc) is 2.61. The maximum Gasteiger partial charge on any atom is 0.336 e. The molecule has 7 heteroatoms. The summed E-state index contributed by atoms with van der Waals surface area (Å²) >= 11 is 1.13. The predicted molar refractivity (Wildman–Crippen MR) is 109 cm³/mol. The molecule has 0 spiro atoms. The molecule has 2 aromatic rings. The number of nitrogens with zero attached hydrogens (tertiary/aromatic N) is 1. The first kappa shape index (κ1) is 21.5. The van der Waals surface area contributed by atoms with E-state index in [9.17, 15) is 18.3 Å². The van der Waals surface area contributed by atoms with Gasteiger partial charge in [0.1, 0.15) is 0 Å². The molecule has 0 atom stereocenters. The van der Waals surface area contributed by atoms with Gasteiger partial charge in [-0.2, -0.15) is 0 Å². The van der Waals surface area contributed by atoms with Crippen LogP contribution in [0.4, 0.5) is 0 Å². The summed E-state index contributed by atoms with van der Waals surface area (Å²) in [4.78, 5) is 12.3. The number of aryl methyl sites for hydroxylation is 1. The van der Waals surface area contributed by atoms with E-state index in [0.29, 0.717) is 17.0 Å². The van der Waals surface area contributed by atoms with Crippen molar-refractivity contribution in [2.75, 3.05) is 6.54 Å². The van der Waals surface area contributed by atoms with Crippen molar-refractivity contribution in [1.82, 2.24) is 3.71 Å². The van der Waals surface area contributed by atoms with Crippen LogP contribution >= 0.6 is 11.9 Å². The van der Waals surface area contributed by atoms with Gasteiger partial charge in [-0.25, -0.2) is 13.2 Å². The van der Waals surface area contributed by atoms with E-state index in [1.165, 1.54) is 21.4 Å². The highest BCUT2D eigenvalue weighted by molar-refractivity contribution is 8.08. The van der Waals surface area contributed by atoms with Crippen molar-refractivity contribution in [2.45, 2.75) is 50.3 Å². The second-order valence-electron chi connectivity index (χ2n) is 6.66. The van der Waals surface area contributed by atoms with Gasteiger partial charge in [-0.3, -0.25) is 0 Å². The average molecular weight is 408 g/mol. The van der Waals surface area contributed by atoms with Crippen LogP contribution in [0.3, 0.4) is 0 Å². The quantitative estimate of drug-likeness (QED) is 0.665. The predicted octanol–water partition coefficient (Wildman–Crippen LogP) is 4.84. The second-order valence-corrected chi connectivity index (χ2v) is 9.85. The highest BCUT2D eigenvalue weighted by atomic mass is 32.3. The maximum atomic E-state index is 13.1.